The monoisotopic (exact) mass is 256 g/mol. The molecule has 0 nitrogen and oxygen atoms in total. The third kappa shape index (κ3) is 0.0368. The van der Waals surface area contributed by atoms with E-state index in [1.54, 1.807) is 0 Å². The van der Waals surface area contributed by atoms with Crippen LogP contribution in [0.5, 0.6) is 0 Å². The van der Waals surface area contributed by atoms with Gasteiger partial charge in [-0.3, -0.25) is 0 Å². The zero-order valence-corrected chi connectivity index (χ0v) is 11.8. The molecule has 0 aromatic carbocycles. The van der Waals surface area contributed by atoms with Crippen molar-refractivity contribution < 1.29 is 6.51 Å². The van der Waals surface area contributed by atoms with Crippen molar-refractivity contribution in [2.24, 2.45) is 0 Å². The fourth-order valence-electron chi connectivity index (χ4n) is 23.4. The van der Waals surface area contributed by atoms with Crippen LogP contribution in [0.15, 0.2) is 0 Å². The van der Waals surface area contributed by atoms with Gasteiger partial charge in [0, 0.05) is 0 Å². The molecule has 0 aromatic rings. The molecule has 8 unspecified atom stereocenters. The predicted octanol–water partition coefficient (Wildman–Crippen LogP) is 5.33. The first-order valence-electron chi connectivity index (χ1n) is 7.31. The van der Waals surface area contributed by atoms with Crippen LogP contribution in [0, 0.1) is 0 Å². The van der Waals surface area contributed by atoms with E-state index < -0.39 is 6.51 Å². The summed E-state index contributed by atoms with van der Waals surface area (Å²) in [7, 11) is 0. The molecule has 1 heteroatoms. The van der Waals surface area contributed by atoms with E-state index in [0.717, 1.165) is 21.6 Å². The standard InChI is InChI=1S/C9H13.C6H7.Fe/c1-6-5-7(2)9(4)8(6)3;1-6-4-2-3-5-6;/h5H,1-4H3;2-5H,1H3;. The Bertz CT molecular complexity index is 1070. The maximum atomic E-state index is 2.85. The van der Waals surface area contributed by atoms with Crippen LogP contribution >= 0.6 is 0 Å². The molecule has 0 N–H and O–H groups in total. The second-order valence-corrected chi connectivity index (χ2v) is 35.4. The van der Waals surface area contributed by atoms with Crippen LogP contribution < -0.4 is 0 Å². The van der Waals surface area contributed by atoms with Crippen molar-refractivity contribution >= 4 is 0 Å². The van der Waals surface area contributed by atoms with Gasteiger partial charge in [0.15, 0.2) is 0 Å². The van der Waals surface area contributed by atoms with Gasteiger partial charge in [-0.15, -0.1) is 0 Å². The molecule has 16 heavy (non-hydrogen) atoms. The van der Waals surface area contributed by atoms with E-state index in [2.05, 4.69) is 34.6 Å². The number of fused-ring (bicyclic) bond motifs is 10. The number of hydrogen-bond donors (Lipinski definition) is 0. The van der Waals surface area contributed by atoms with Gasteiger partial charge in [0.2, 0.25) is 0 Å². The topological polar surface area (TPSA) is 0 Å². The van der Waals surface area contributed by atoms with Gasteiger partial charge >= 0.3 is 86.8 Å². The molecule has 0 amide bonds. The predicted molar refractivity (Wildman–Crippen MR) is 60.6 cm³/mol. The van der Waals surface area contributed by atoms with Crippen molar-refractivity contribution in [2.75, 3.05) is 0 Å². The maximum absolute atomic E-state index is 3.12. The molecule has 0 saturated carbocycles. The van der Waals surface area contributed by atoms with Crippen molar-refractivity contribution in [1.29, 1.82) is 0 Å². The van der Waals surface area contributed by atoms with Crippen LogP contribution in [-0.4, -0.2) is 0 Å². The number of rotatable bonds is 0. The van der Waals surface area contributed by atoms with Crippen molar-refractivity contribution in [1.82, 2.24) is 0 Å². The van der Waals surface area contributed by atoms with Crippen LogP contribution in [0.2, 0.25) is 45.6 Å². The quantitative estimate of drug-likeness (QED) is 0.514. The Morgan fingerprint density at radius 2 is 1.19 bits per heavy atom. The Kier molecular flexibility index (Phi) is 0.152. The van der Waals surface area contributed by atoms with Gasteiger partial charge in [0.1, 0.15) is 0 Å². The Balaban J connectivity index is 2.01. The van der Waals surface area contributed by atoms with Crippen LogP contribution in [0.1, 0.15) is 34.6 Å². The van der Waals surface area contributed by atoms with E-state index in [0.29, 0.717) is 0 Å². The van der Waals surface area contributed by atoms with Crippen molar-refractivity contribution in [3.63, 3.8) is 0 Å². The SMILES string of the molecule is C[C]12[CH]3[CH]4[CH]5[CH]1[Fe]45321678[CH]2[C]1(C)[C]6(C)[C]7(C)[C]28C. The first-order valence-corrected chi connectivity index (χ1v) is 13.3. The molecule has 0 aromatic heterocycles. The molecule has 1 spiro atoms. The molecule has 88 valence electrons. The zero-order chi connectivity index (χ0) is 10.7. The molecule has 10 fully saturated rings. The summed E-state index contributed by atoms with van der Waals surface area (Å²) in [6.45, 7) is 11.1. The molecular weight excluding hydrogens is 236 g/mol. The van der Waals surface area contributed by atoms with Crippen LogP contribution in [0.4, 0.5) is 0 Å². The van der Waals surface area contributed by atoms with Gasteiger partial charge < -0.3 is 0 Å². The molecule has 0 bridgehead atoms. The second kappa shape index (κ2) is 0.399. The van der Waals surface area contributed by atoms with Crippen molar-refractivity contribution in [2.45, 2.75) is 80.3 Å². The van der Waals surface area contributed by atoms with E-state index in [-0.39, 0.29) is 0 Å². The van der Waals surface area contributed by atoms with Gasteiger partial charge in [-0.1, -0.05) is 0 Å². The van der Waals surface area contributed by atoms with Gasteiger partial charge in [0.25, 0.3) is 0 Å². The zero-order valence-electron chi connectivity index (χ0n) is 10.7. The van der Waals surface area contributed by atoms with Crippen LogP contribution in [0.3, 0.4) is 0 Å². The second-order valence-electron chi connectivity index (χ2n) is 11.8. The minimum absolute atomic E-state index is 0.993. The third-order valence-electron chi connectivity index (χ3n) is 19.2. The normalized spacial score (nSPS) is 145. The van der Waals surface area contributed by atoms with Crippen molar-refractivity contribution in [3.05, 3.63) is 0 Å². The number of hydrogen-bond acceptors (Lipinski definition) is 0. The summed E-state index contributed by atoms with van der Waals surface area (Å²) in [6.07, 6.45) is 0. The first-order chi connectivity index (χ1) is 7.11. The summed E-state index contributed by atoms with van der Waals surface area (Å²) in [5.41, 5.74) is 0. The minimum atomic E-state index is -3.12. The Morgan fingerprint density at radius 3 is 1.19 bits per heavy atom. The van der Waals surface area contributed by atoms with Gasteiger partial charge in [-0.05, 0) is 0 Å². The summed E-state index contributed by atoms with van der Waals surface area (Å²) in [5.74, 6) is 0. The van der Waals surface area contributed by atoms with Crippen LogP contribution in [0.25, 0.3) is 0 Å². The van der Waals surface area contributed by atoms with E-state index in [1.807, 2.05) is 0 Å². The molecule has 0 radical (unpaired) electrons. The summed E-state index contributed by atoms with van der Waals surface area (Å²) in [5, 5.41) is 0. The molecular formula is C15H20Fe. The van der Waals surface area contributed by atoms with E-state index in [4.69, 9.17) is 0 Å². The molecule has 10 saturated heterocycles. The fourth-order valence-corrected chi connectivity index (χ4v) is 112. The molecule has 8 atom stereocenters. The summed E-state index contributed by atoms with van der Waals surface area (Å²) in [6, 6.07) is 0. The molecule has 10 rings (SSSR count). The van der Waals surface area contributed by atoms with Gasteiger partial charge in [-0.2, -0.15) is 0 Å². The average molecular weight is 256 g/mol. The molecule has 10 aliphatic rings. The van der Waals surface area contributed by atoms with E-state index in [1.165, 1.54) is 24.1 Å². The van der Waals surface area contributed by atoms with E-state index >= 15 is 0 Å². The molecule has 10 heterocycles. The molecule has 10 aliphatic heterocycles. The fraction of sp³-hybridized carbons (Fsp3) is 1.00. The van der Waals surface area contributed by atoms with Crippen LogP contribution in [-0.2, 0) is 6.51 Å². The van der Waals surface area contributed by atoms with Gasteiger partial charge in [0.05, 0.1) is 0 Å². The Morgan fingerprint density at radius 1 is 0.750 bits per heavy atom. The Hall–Kier alpha value is 0.519. The van der Waals surface area contributed by atoms with Gasteiger partial charge in [-0.25, -0.2) is 0 Å². The van der Waals surface area contributed by atoms with Crippen molar-refractivity contribution in [3.8, 4) is 0 Å². The third-order valence-corrected chi connectivity index (χ3v) is 69.9. The Labute approximate surface area is 86.8 Å². The average Bonchev–Trinajstić information content (AvgIpc) is 3.17. The first kappa shape index (κ1) is 6.11. The summed E-state index contributed by atoms with van der Waals surface area (Å²) in [4.78, 5) is 7.06. The summed E-state index contributed by atoms with van der Waals surface area (Å²) >= 11 is 0. The summed E-state index contributed by atoms with van der Waals surface area (Å²) < 4.78 is 5.07. The van der Waals surface area contributed by atoms with E-state index in [9.17, 15) is 0 Å². The molecule has 0 aliphatic carbocycles.